The van der Waals surface area contributed by atoms with E-state index in [0.29, 0.717) is 43.3 Å². The van der Waals surface area contributed by atoms with Crippen LogP contribution in [0.2, 0.25) is 0 Å². The number of hydrogen-bond donors (Lipinski definition) is 2. The molecule has 2 N–H and O–H groups in total. The highest BCUT2D eigenvalue weighted by molar-refractivity contribution is 5.81. The number of methoxy groups -OCH3 is 1. The number of nitrogens with zero attached hydrogens (tertiary/aromatic N) is 4. The Hall–Kier alpha value is -3.53. The molecule has 0 bridgehead atoms. The average molecular weight is 441 g/mol. The Balaban J connectivity index is 1.99. The summed E-state index contributed by atoms with van der Waals surface area (Å²) in [4.78, 5) is 38.0. The number of carbonyl (C=O) groups excluding carboxylic acids is 1. The fourth-order valence-corrected chi connectivity index (χ4v) is 3.11. The van der Waals surface area contributed by atoms with Crippen LogP contribution in [-0.2, 0) is 16.1 Å². The van der Waals surface area contributed by atoms with Crippen LogP contribution in [0.5, 0.6) is 5.88 Å². The van der Waals surface area contributed by atoms with Crippen molar-refractivity contribution in [3.8, 4) is 17.0 Å². The van der Waals surface area contributed by atoms with Crippen molar-refractivity contribution in [2.24, 2.45) is 0 Å². The zero-order valence-corrected chi connectivity index (χ0v) is 18.6. The van der Waals surface area contributed by atoms with Crippen molar-refractivity contribution in [2.45, 2.75) is 26.8 Å². The van der Waals surface area contributed by atoms with Gasteiger partial charge in [-0.15, -0.1) is 0 Å². The maximum absolute atomic E-state index is 13.1. The summed E-state index contributed by atoms with van der Waals surface area (Å²) in [7, 11) is 1.56. The zero-order chi connectivity index (χ0) is 22.9. The Morgan fingerprint density at radius 3 is 2.62 bits per heavy atom. The van der Waals surface area contributed by atoms with Gasteiger partial charge in [0.2, 0.25) is 11.8 Å². The minimum Gasteiger partial charge on any atom is -0.481 e. The van der Waals surface area contributed by atoms with Gasteiger partial charge in [-0.2, -0.15) is 0 Å². The first-order valence-corrected chi connectivity index (χ1v) is 10.6. The SMILES string of the molecule is CCCOCCn1c(=O)c(NCC(=O)NCC)nc2ncc(-c3ccc(OC)nc3)cc21. The first-order valence-electron chi connectivity index (χ1n) is 10.6. The van der Waals surface area contributed by atoms with Gasteiger partial charge in [0, 0.05) is 49.3 Å². The number of nitrogens with one attached hydrogen (secondary N) is 2. The van der Waals surface area contributed by atoms with E-state index < -0.39 is 0 Å². The summed E-state index contributed by atoms with van der Waals surface area (Å²) >= 11 is 0. The molecule has 32 heavy (non-hydrogen) atoms. The number of carbonyl (C=O) groups is 1. The van der Waals surface area contributed by atoms with Crippen LogP contribution in [0.4, 0.5) is 5.82 Å². The Morgan fingerprint density at radius 2 is 1.94 bits per heavy atom. The van der Waals surface area contributed by atoms with E-state index in [0.717, 1.165) is 17.5 Å². The Labute approximate surface area is 186 Å². The number of anilines is 1. The second-order valence-electron chi connectivity index (χ2n) is 6.99. The molecule has 0 aromatic carbocycles. The number of likely N-dealkylation sites (N-methyl/N-ethyl adjacent to an activating group) is 1. The van der Waals surface area contributed by atoms with Crippen LogP contribution in [0, 0.1) is 0 Å². The predicted octanol–water partition coefficient (Wildman–Crippen LogP) is 1.84. The van der Waals surface area contributed by atoms with Crippen molar-refractivity contribution in [1.29, 1.82) is 0 Å². The van der Waals surface area contributed by atoms with Crippen LogP contribution >= 0.6 is 0 Å². The molecule has 3 aromatic rings. The van der Waals surface area contributed by atoms with Crippen molar-refractivity contribution in [3.63, 3.8) is 0 Å². The third-order valence-corrected chi connectivity index (χ3v) is 4.68. The van der Waals surface area contributed by atoms with Gasteiger partial charge in [0.1, 0.15) is 0 Å². The van der Waals surface area contributed by atoms with Crippen molar-refractivity contribution < 1.29 is 14.3 Å². The molecule has 10 nitrogen and oxygen atoms in total. The smallest absolute Gasteiger partial charge is 0.293 e. The van der Waals surface area contributed by atoms with E-state index in [4.69, 9.17) is 9.47 Å². The van der Waals surface area contributed by atoms with Crippen molar-refractivity contribution in [2.75, 3.05) is 38.7 Å². The lowest BCUT2D eigenvalue weighted by molar-refractivity contribution is -0.119. The van der Waals surface area contributed by atoms with Crippen LogP contribution in [0.1, 0.15) is 20.3 Å². The summed E-state index contributed by atoms with van der Waals surface area (Å²) in [5, 5.41) is 5.51. The fourth-order valence-electron chi connectivity index (χ4n) is 3.11. The standard InChI is InChI=1S/C22H28N6O4/c1-4-9-32-10-8-28-17-11-16(15-6-7-19(31-3)24-12-15)13-25-20(17)27-21(22(28)30)26-14-18(29)23-5-2/h6-7,11-13H,4-5,8-10,14H2,1-3H3,(H,23,29)(H,25,26,27). The van der Waals surface area contributed by atoms with E-state index in [1.165, 1.54) is 0 Å². The average Bonchev–Trinajstić information content (AvgIpc) is 2.81. The minimum absolute atomic E-state index is 0.0521. The second-order valence-corrected chi connectivity index (χ2v) is 6.99. The fraction of sp³-hybridized carbons (Fsp3) is 0.409. The van der Waals surface area contributed by atoms with Gasteiger partial charge in [-0.25, -0.2) is 15.0 Å². The molecule has 10 heteroatoms. The topological polar surface area (TPSA) is 120 Å². The molecule has 0 atom stereocenters. The minimum atomic E-state index is -0.339. The Bertz CT molecular complexity index is 1110. The number of pyridine rings is 2. The largest absolute Gasteiger partial charge is 0.481 e. The molecule has 0 aliphatic carbocycles. The van der Waals surface area contributed by atoms with E-state index in [1.54, 1.807) is 30.1 Å². The molecular formula is C22H28N6O4. The highest BCUT2D eigenvalue weighted by atomic mass is 16.5. The van der Waals surface area contributed by atoms with Crippen LogP contribution in [0.3, 0.4) is 0 Å². The first kappa shape index (κ1) is 23.1. The van der Waals surface area contributed by atoms with E-state index in [1.807, 2.05) is 26.0 Å². The van der Waals surface area contributed by atoms with Gasteiger partial charge >= 0.3 is 0 Å². The number of rotatable bonds is 11. The van der Waals surface area contributed by atoms with Crippen LogP contribution < -0.4 is 20.9 Å². The van der Waals surface area contributed by atoms with E-state index in [-0.39, 0.29) is 23.8 Å². The van der Waals surface area contributed by atoms with Gasteiger partial charge in [-0.05, 0) is 25.5 Å². The number of fused-ring (bicyclic) bond motifs is 1. The van der Waals surface area contributed by atoms with E-state index in [2.05, 4.69) is 25.6 Å². The van der Waals surface area contributed by atoms with Crippen LogP contribution in [-0.4, -0.2) is 58.8 Å². The first-order chi connectivity index (χ1) is 15.6. The number of amides is 1. The lowest BCUT2D eigenvalue weighted by Crippen LogP contribution is -2.33. The summed E-state index contributed by atoms with van der Waals surface area (Å²) in [6.07, 6.45) is 4.25. The third-order valence-electron chi connectivity index (χ3n) is 4.68. The number of hydrogen-bond acceptors (Lipinski definition) is 8. The summed E-state index contributed by atoms with van der Waals surface area (Å²) < 4.78 is 12.3. The highest BCUT2D eigenvalue weighted by Crippen LogP contribution is 2.23. The maximum atomic E-state index is 13.1. The number of ether oxygens (including phenoxy) is 2. The summed E-state index contributed by atoms with van der Waals surface area (Å²) in [5.74, 6) is 0.365. The maximum Gasteiger partial charge on any atom is 0.293 e. The van der Waals surface area contributed by atoms with Crippen LogP contribution in [0.25, 0.3) is 22.3 Å². The van der Waals surface area contributed by atoms with Gasteiger partial charge in [-0.3, -0.25) is 14.2 Å². The normalized spacial score (nSPS) is 10.8. The third kappa shape index (κ3) is 5.58. The molecule has 3 aromatic heterocycles. The molecule has 0 saturated heterocycles. The Morgan fingerprint density at radius 1 is 1.12 bits per heavy atom. The van der Waals surface area contributed by atoms with Crippen LogP contribution in [0.15, 0.2) is 35.4 Å². The molecule has 0 aliphatic heterocycles. The van der Waals surface area contributed by atoms with Gasteiger partial charge in [0.15, 0.2) is 11.5 Å². The zero-order valence-electron chi connectivity index (χ0n) is 18.6. The Kier molecular flexibility index (Phi) is 8.09. The molecule has 170 valence electrons. The lowest BCUT2D eigenvalue weighted by atomic mass is 10.1. The summed E-state index contributed by atoms with van der Waals surface area (Å²) in [6.45, 7) is 5.63. The number of aromatic nitrogens is 4. The quantitative estimate of drug-likeness (QED) is 0.433. The van der Waals surface area contributed by atoms with Gasteiger partial charge in [0.25, 0.3) is 5.56 Å². The highest BCUT2D eigenvalue weighted by Gasteiger charge is 2.14. The van der Waals surface area contributed by atoms with E-state index in [9.17, 15) is 9.59 Å². The summed E-state index contributed by atoms with van der Waals surface area (Å²) in [5.41, 5.74) is 2.25. The van der Waals surface area contributed by atoms with Crippen molar-refractivity contribution in [3.05, 3.63) is 40.9 Å². The molecule has 0 saturated carbocycles. The van der Waals surface area contributed by atoms with Gasteiger partial charge in [-0.1, -0.05) is 6.92 Å². The molecule has 3 rings (SSSR count). The molecule has 0 radical (unpaired) electrons. The second kappa shape index (κ2) is 11.2. The molecule has 0 unspecified atom stereocenters. The lowest BCUT2D eigenvalue weighted by Gasteiger charge is -2.14. The van der Waals surface area contributed by atoms with Gasteiger partial charge < -0.3 is 20.1 Å². The van der Waals surface area contributed by atoms with Gasteiger partial charge in [0.05, 0.1) is 25.8 Å². The van der Waals surface area contributed by atoms with Crippen molar-refractivity contribution in [1.82, 2.24) is 24.8 Å². The summed E-state index contributed by atoms with van der Waals surface area (Å²) in [6, 6.07) is 5.49. The monoisotopic (exact) mass is 440 g/mol. The molecule has 0 fully saturated rings. The molecule has 0 aliphatic rings. The molecule has 1 amide bonds. The molecular weight excluding hydrogens is 412 g/mol. The molecule has 3 heterocycles. The molecule has 0 spiro atoms. The van der Waals surface area contributed by atoms with E-state index >= 15 is 0 Å². The predicted molar refractivity (Wildman–Crippen MR) is 122 cm³/mol. The van der Waals surface area contributed by atoms with Crippen molar-refractivity contribution >= 4 is 22.9 Å².